The van der Waals surface area contributed by atoms with E-state index in [1.807, 2.05) is 0 Å². The number of rotatable bonds is 2. The van der Waals surface area contributed by atoms with Gasteiger partial charge in [-0.1, -0.05) is 11.6 Å². The fraction of sp³-hybridized carbons (Fsp3) is 0.158. The second-order valence-corrected chi connectivity index (χ2v) is 8.60. The van der Waals surface area contributed by atoms with Gasteiger partial charge in [-0.15, -0.1) is 0 Å². The molecule has 0 aliphatic heterocycles. The second kappa shape index (κ2) is 8.46. The topological polar surface area (TPSA) is 155 Å². The monoisotopic (exact) mass is 464 g/mol. The van der Waals surface area contributed by atoms with Gasteiger partial charge in [0.25, 0.3) is 21.2 Å². The normalized spacial score (nSPS) is 12.4. The summed E-state index contributed by atoms with van der Waals surface area (Å²) < 4.78 is 27.0. The van der Waals surface area contributed by atoms with E-state index in [1.165, 1.54) is 6.07 Å². The molecule has 0 bridgehead atoms. The van der Waals surface area contributed by atoms with E-state index < -0.39 is 32.7 Å². The van der Waals surface area contributed by atoms with Crippen LogP contribution in [0.2, 0.25) is 5.02 Å². The maximum Gasteiger partial charge on any atom is 0.287 e. The quantitative estimate of drug-likeness (QED) is 0.301. The van der Waals surface area contributed by atoms with Crippen molar-refractivity contribution in [1.82, 2.24) is 19.7 Å². The molecule has 162 valence electrons. The molecule has 1 aromatic carbocycles. The zero-order chi connectivity index (χ0) is 22.9. The van der Waals surface area contributed by atoms with Crippen LogP contribution in [0.5, 0.6) is 0 Å². The molecule has 0 amide bonds. The van der Waals surface area contributed by atoms with Gasteiger partial charge in [0, 0.05) is 22.8 Å². The Balaban J connectivity index is 0.000000491. The highest BCUT2D eigenvalue weighted by Crippen LogP contribution is 2.17. The van der Waals surface area contributed by atoms with E-state index in [0.29, 0.717) is 22.2 Å². The van der Waals surface area contributed by atoms with E-state index >= 15 is 0 Å². The van der Waals surface area contributed by atoms with Gasteiger partial charge in [-0.2, -0.15) is 8.42 Å². The van der Waals surface area contributed by atoms with Gasteiger partial charge in [-0.25, -0.2) is 4.68 Å². The lowest BCUT2D eigenvalue weighted by molar-refractivity contribution is 0.490. The highest BCUT2D eigenvalue weighted by atomic mass is 35.5. The predicted molar refractivity (Wildman–Crippen MR) is 117 cm³/mol. The van der Waals surface area contributed by atoms with Gasteiger partial charge in [0.15, 0.2) is 0 Å². The third-order valence-electron chi connectivity index (χ3n) is 4.42. The van der Waals surface area contributed by atoms with Crippen LogP contribution in [0.1, 0.15) is 18.5 Å². The summed E-state index contributed by atoms with van der Waals surface area (Å²) in [5, 5.41) is 3.09. The van der Waals surface area contributed by atoms with Gasteiger partial charge in [0.05, 0.1) is 17.8 Å². The van der Waals surface area contributed by atoms with Gasteiger partial charge in [0.2, 0.25) is 5.43 Å². The van der Waals surface area contributed by atoms with E-state index in [2.05, 4.69) is 15.1 Å². The molecule has 12 heteroatoms. The molecular weight excluding hydrogens is 448 g/mol. The van der Waals surface area contributed by atoms with E-state index in [9.17, 15) is 22.8 Å². The molecule has 31 heavy (non-hydrogen) atoms. The van der Waals surface area contributed by atoms with Crippen LogP contribution in [-0.2, 0) is 10.1 Å². The summed E-state index contributed by atoms with van der Waals surface area (Å²) in [7, 11) is -3.67. The zero-order valence-corrected chi connectivity index (χ0v) is 17.9. The molecular formula is C19H17ClN4O6S. The Morgan fingerprint density at radius 2 is 1.74 bits per heavy atom. The number of halogens is 1. The van der Waals surface area contributed by atoms with Crippen molar-refractivity contribution in [3.63, 3.8) is 0 Å². The molecule has 3 aromatic heterocycles. The number of hydrogen-bond donors (Lipinski definition) is 3. The highest BCUT2D eigenvalue weighted by Gasteiger charge is 2.18. The van der Waals surface area contributed by atoms with Crippen molar-refractivity contribution in [3.8, 4) is 0 Å². The lowest BCUT2D eigenvalue weighted by Gasteiger charge is -2.15. The number of H-pyrrole nitrogens is 2. The molecule has 0 radical (unpaired) electrons. The number of aromatic amines is 2. The number of benzene rings is 1. The molecule has 4 rings (SSSR count). The maximum atomic E-state index is 13.0. The van der Waals surface area contributed by atoms with Crippen LogP contribution in [0.15, 0.2) is 57.1 Å². The largest absolute Gasteiger partial charge is 0.350 e. The number of pyridine rings is 2. The average molecular weight is 465 g/mol. The molecule has 3 heterocycles. The minimum Gasteiger partial charge on any atom is -0.350 e. The summed E-state index contributed by atoms with van der Waals surface area (Å²) in [5.41, 5.74) is -0.507. The molecule has 10 nitrogen and oxygen atoms in total. The van der Waals surface area contributed by atoms with Gasteiger partial charge in [-0.05, 0) is 42.8 Å². The van der Waals surface area contributed by atoms with Crippen LogP contribution in [0.25, 0.3) is 21.8 Å². The third kappa shape index (κ3) is 4.90. The second-order valence-electron chi connectivity index (χ2n) is 6.70. The molecule has 0 saturated carbocycles. The van der Waals surface area contributed by atoms with Gasteiger partial charge in [0.1, 0.15) is 10.9 Å². The molecule has 0 spiro atoms. The minimum absolute atomic E-state index is 0.0621. The Kier molecular flexibility index (Phi) is 6.11. The molecule has 4 aromatic rings. The van der Waals surface area contributed by atoms with E-state index in [-0.39, 0.29) is 10.9 Å². The standard InChI is InChI=1S/C18H13ClN4O3.CH4O3S/c1-9(10-4-6-20-7-5-10)23-18(26)14-15(17(25)22-23)21-13-8-11(19)2-3-12(13)16(14)24;1-5(2,3)4/h2-9H,1H3,(H,21,24)(H,22,25);1H3,(H,2,3,4). The zero-order valence-electron chi connectivity index (χ0n) is 16.3. The number of nitrogens with zero attached hydrogens (tertiary/aromatic N) is 2. The molecule has 3 N–H and O–H groups in total. The van der Waals surface area contributed by atoms with E-state index in [1.54, 1.807) is 43.6 Å². The number of nitrogens with one attached hydrogen (secondary N) is 2. The summed E-state index contributed by atoms with van der Waals surface area (Å²) >= 11 is 5.95. The Hall–Kier alpha value is -3.28. The van der Waals surface area contributed by atoms with Gasteiger partial charge < -0.3 is 4.98 Å². The van der Waals surface area contributed by atoms with Crippen molar-refractivity contribution in [2.45, 2.75) is 13.0 Å². The average Bonchev–Trinajstić information content (AvgIpc) is 2.69. The van der Waals surface area contributed by atoms with Crippen molar-refractivity contribution >= 4 is 43.5 Å². The Morgan fingerprint density at radius 3 is 2.35 bits per heavy atom. The number of fused-ring (bicyclic) bond motifs is 2. The van der Waals surface area contributed by atoms with Crippen LogP contribution in [0.3, 0.4) is 0 Å². The van der Waals surface area contributed by atoms with Crippen LogP contribution in [-0.4, -0.2) is 39.0 Å². The molecule has 0 saturated heterocycles. The fourth-order valence-corrected chi connectivity index (χ4v) is 3.21. The van der Waals surface area contributed by atoms with E-state index in [4.69, 9.17) is 16.2 Å². The summed E-state index contributed by atoms with van der Waals surface area (Å²) in [6.45, 7) is 1.76. The van der Waals surface area contributed by atoms with Crippen molar-refractivity contribution < 1.29 is 13.0 Å². The summed E-state index contributed by atoms with van der Waals surface area (Å²) in [6.07, 6.45) is 3.91. The van der Waals surface area contributed by atoms with Crippen molar-refractivity contribution in [2.24, 2.45) is 0 Å². The van der Waals surface area contributed by atoms with Crippen LogP contribution < -0.4 is 16.5 Å². The van der Waals surface area contributed by atoms with Crippen molar-refractivity contribution in [1.29, 1.82) is 0 Å². The van der Waals surface area contributed by atoms with Crippen LogP contribution in [0, 0.1) is 0 Å². The van der Waals surface area contributed by atoms with Crippen LogP contribution >= 0.6 is 11.6 Å². The first-order chi connectivity index (χ1) is 14.5. The molecule has 0 aliphatic carbocycles. The summed E-state index contributed by atoms with van der Waals surface area (Å²) in [5.74, 6) is 0. The van der Waals surface area contributed by atoms with E-state index in [0.717, 1.165) is 10.2 Å². The first-order valence-corrected chi connectivity index (χ1v) is 11.0. The molecule has 1 atom stereocenters. The first kappa shape index (κ1) is 22.4. The van der Waals surface area contributed by atoms with Crippen molar-refractivity contribution in [3.05, 3.63) is 84.2 Å². The molecule has 1 unspecified atom stereocenters. The van der Waals surface area contributed by atoms with Crippen LogP contribution in [0.4, 0.5) is 0 Å². The molecule has 0 fully saturated rings. The summed E-state index contributed by atoms with van der Waals surface area (Å²) in [6, 6.07) is 7.66. The fourth-order valence-electron chi connectivity index (χ4n) is 3.04. The molecule has 0 aliphatic rings. The number of aromatic nitrogens is 4. The van der Waals surface area contributed by atoms with Gasteiger partial charge >= 0.3 is 0 Å². The van der Waals surface area contributed by atoms with Gasteiger partial charge in [-0.3, -0.25) is 29.0 Å². The Labute approximate surface area is 179 Å². The first-order valence-electron chi connectivity index (χ1n) is 8.80. The predicted octanol–water partition coefficient (Wildman–Crippen LogP) is 1.69. The highest BCUT2D eigenvalue weighted by molar-refractivity contribution is 7.85. The Morgan fingerprint density at radius 1 is 1.13 bits per heavy atom. The SMILES string of the molecule is CC(c1ccncc1)n1[nH]c(=O)c2[nH]c3cc(Cl)ccc3c(=O)c2c1=O.CS(=O)(=O)O. The third-order valence-corrected chi connectivity index (χ3v) is 4.66. The number of hydrogen-bond acceptors (Lipinski definition) is 6. The maximum absolute atomic E-state index is 13.0. The van der Waals surface area contributed by atoms with Crippen molar-refractivity contribution in [2.75, 3.05) is 6.26 Å². The summed E-state index contributed by atoms with van der Waals surface area (Å²) in [4.78, 5) is 45.1. The smallest absolute Gasteiger partial charge is 0.287 e. The minimum atomic E-state index is -3.67. The lowest BCUT2D eigenvalue weighted by Crippen LogP contribution is -2.35. The Bertz CT molecular complexity index is 1550. The lowest BCUT2D eigenvalue weighted by atomic mass is 10.1.